The van der Waals surface area contributed by atoms with Crippen molar-refractivity contribution in [2.75, 3.05) is 18.0 Å². The Bertz CT molecular complexity index is 499. The van der Waals surface area contributed by atoms with Gasteiger partial charge in [0.1, 0.15) is 0 Å². The lowest BCUT2D eigenvalue weighted by Gasteiger charge is -2.21. The minimum absolute atomic E-state index is 1.04. The molecule has 0 aliphatic carbocycles. The lowest BCUT2D eigenvalue weighted by molar-refractivity contribution is 0.866. The molecule has 0 atom stereocenters. The quantitative estimate of drug-likeness (QED) is 0.805. The molecule has 0 amide bonds. The van der Waals surface area contributed by atoms with Crippen molar-refractivity contribution in [1.29, 1.82) is 0 Å². The van der Waals surface area contributed by atoms with Gasteiger partial charge in [-0.2, -0.15) is 0 Å². The lowest BCUT2D eigenvalue weighted by Crippen LogP contribution is -2.21. The standard InChI is InChI=1S/C16H20N2/c1-4-18(5-2)16-8-6-14(7-9-16)15-10-13(3)11-17-12-15/h6-12H,4-5H2,1-3H3. The van der Waals surface area contributed by atoms with Crippen LogP contribution in [0.1, 0.15) is 19.4 Å². The van der Waals surface area contributed by atoms with Gasteiger partial charge in [0.25, 0.3) is 0 Å². The van der Waals surface area contributed by atoms with Crippen LogP contribution in [0.25, 0.3) is 11.1 Å². The van der Waals surface area contributed by atoms with Gasteiger partial charge in [0.2, 0.25) is 0 Å². The fourth-order valence-electron chi connectivity index (χ4n) is 2.17. The first-order valence-electron chi connectivity index (χ1n) is 6.51. The summed E-state index contributed by atoms with van der Waals surface area (Å²) >= 11 is 0. The van der Waals surface area contributed by atoms with E-state index in [2.05, 4.69) is 61.0 Å². The van der Waals surface area contributed by atoms with Crippen LogP contribution in [-0.4, -0.2) is 18.1 Å². The van der Waals surface area contributed by atoms with E-state index in [1.54, 1.807) is 0 Å². The van der Waals surface area contributed by atoms with E-state index in [-0.39, 0.29) is 0 Å². The van der Waals surface area contributed by atoms with Gasteiger partial charge in [-0.1, -0.05) is 12.1 Å². The summed E-state index contributed by atoms with van der Waals surface area (Å²) in [6, 6.07) is 10.9. The molecule has 0 saturated carbocycles. The Morgan fingerprint density at radius 1 is 0.944 bits per heavy atom. The number of hydrogen-bond acceptors (Lipinski definition) is 2. The number of pyridine rings is 1. The molecule has 2 rings (SSSR count). The molecule has 2 aromatic rings. The second kappa shape index (κ2) is 5.67. The molecule has 94 valence electrons. The van der Waals surface area contributed by atoms with E-state index in [4.69, 9.17) is 0 Å². The number of benzene rings is 1. The summed E-state index contributed by atoms with van der Waals surface area (Å²) < 4.78 is 0. The van der Waals surface area contributed by atoms with Gasteiger partial charge < -0.3 is 4.90 Å². The van der Waals surface area contributed by atoms with Crippen LogP contribution in [0.4, 0.5) is 5.69 Å². The lowest BCUT2D eigenvalue weighted by atomic mass is 10.1. The Morgan fingerprint density at radius 2 is 1.61 bits per heavy atom. The summed E-state index contributed by atoms with van der Waals surface area (Å²) in [5, 5.41) is 0. The fourth-order valence-corrected chi connectivity index (χ4v) is 2.17. The van der Waals surface area contributed by atoms with E-state index in [9.17, 15) is 0 Å². The highest BCUT2D eigenvalue weighted by atomic mass is 15.1. The summed E-state index contributed by atoms with van der Waals surface area (Å²) in [5.41, 5.74) is 4.88. The maximum absolute atomic E-state index is 4.24. The molecule has 1 heterocycles. The predicted molar refractivity (Wildman–Crippen MR) is 78.0 cm³/mol. The van der Waals surface area contributed by atoms with Crippen LogP contribution in [0.2, 0.25) is 0 Å². The third-order valence-corrected chi connectivity index (χ3v) is 3.20. The summed E-state index contributed by atoms with van der Waals surface area (Å²) in [4.78, 5) is 6.59. The molecule has 0 aliphatic rings. The largest absolute Gasteiger partial charge is 0.372 e. The summed E-state index contributed by atoms with van der Waals surface area (Å²) in [6.45, 7) is 8.52. The molecule has 1 aromatic carbocycles. The molecule has 0 aliphatic heterocycles. The van der Waals surface area contributed by atoms with Crippen molar-refractivity contribution in [1.82, 2.24) is 4.98 Å². The van der Waals surface area contributed by atoms with Crippen molar-refractivity contribution in [2.24, 2.45) is 0 Å². The topological polar surface area (TPSA) is 16.1 Å². The Morgan fingerprint density at radius 3 is 2.17 bits per heavy atom. The van der Waals surface area contributed by atoms with E-state index in [0.717, 1.165) is 13.1 Å². The molecule has 0 radical (unpaired) electrons. The molecule has 0 bridgehead atoms. The molecular weight excluding hydrogens is 220 g/mol. The maximum atomic E-state index is 4.24. The third kappa shape index (κ3) is 2.70. The van der Waals surface area contributed by atoms with E-state index in [1.807, 2.05) is 12.4 Å². The first-order valence-corrected chi connectivity index (χ1v) is 6.51. The van der Waals surface area contributed by atoms with Gasteiger partial charge in [-0.25, -0.2) is 0 Å². The highest BCUT2D eigenvalue weighted by Crippen LogP contribution is 2.23. The molecule has 0 N–H and O–H groups in total. The summed E-state index contributed by atoms with van der Waals surface area (Å²) in [6.07, 6.45) is 3.80. The molecule has 2 nitrogen and oxygen atoms in total. The van der Waals surface area contributed by atoms with E-state index < -0.39 is 0 Å². The molecule has 2 heteroatoms. The average Bonchev–Trinajstić information content (AvgIpc) is 2.41. The first-order chi connectivity index (χ1) is 8.74. The monoisotopic (exact) mass is 240 g/mol. The van der Waals surface area contributed by atoms with Crippen LogP contribution in [0.3, 0.4) is 0 Å². The van der Waals surface area contributed by atoms with Crippen molar-refractivity contribution in [3.63, 3.8) is 0 Å². The van der Waals surface area contributed by atoms with Crippen LogP contribution in [0.15, 0.2) is 42.7 Å². The van der Waals surface area contributed by atoms with Gasteiger partial charge in [-0.05, 0) is 50.1 Å². The highest BCUT2D eigenvalue weighted by molar-refractivity contribution is 5.66. The minimum Gasteiger partial charge on any atom is -0.372 e. The van der Waals surface area contributed by atoms with Crippen molar-refractivity contribution >= 4 is 5.69 Å². The van der Waals surface area contributed by atoms with Crippen LogP contribution in [-0.2, 0) is 0 Å². The number of anilines is 1. The molecule has 0 fully saturated rings. The van der Waals surface area contributed by atoms with Gasteiger partial charge in [0, 0.05) is 36.7 Å². The fraction of sp³-hybridized carbons (Fsp3) is 0.312. The predicted octanol–water partition coefficient (Wildman–Crippen LogP) is 3.90. The highest BCUT2D eigenvalue weighted by Gasteiger charge is 2.03. The summed E-state index contributed by atoms with van der Waals surface area (Å²) in [7, 11) is 0. The normalized spacial score (nSPS) is 10.4. The maximum Gasteiger partial charge on any atom is 0.0366 e. The SMILES string of the molecule is CCN(CC)c1ccc(-c2cncc(C)c2)cc1. The molecule has 18 heavy (non-hydrogen) atoms. The number of rotatable bonds is 4. The van der Waals surface area contributed by atoms with Gasteiger partial charge in [-0.3, -0.25) is 4.98 Å². The molecule has 0 spiro atoms. The molecule has 1 aromatic heterocycles. The Balaban J connectivity index is 2.27. The Labute approximate surface area is 109 Å². The van der Waals surface area contributed by atoms with E-state index >= 15 is 0 Å². The first kappa shape index (κ1) is 12.6. The van der Waals surface area contributed by atoms with Gasteiger partial charge >= 0.3 is 0 Å². The van der Waals surface area contributed by atoms with Crippen molar-refractivity contribution < 1.29 is 0 Å². The Hall–Kier alpha value is -1.83. The zero-order valence-electron chi connectivity index (χ0n) is 11.4. The minimum atomic E-state index is 1.04. The van der Waals surface area contributed by atoms with Gasteiger partial charge in [0.05, 0.1) is 0 Å². The van der Waals surface area contributed by atoms with Crippen LogP contribution in [0.5, 0.6) is 0 Å². The van der Waals surface area contributed by atoms with E-state index in [1.165, 1.54) is 22.4 Å². The number of aryl methyl sites for hydroxylation is 1. The number of nitrogens with zero attached hydrogens (tertiary/aromatic N) is 2. The van der Waals surface area contributed by atoms with Crippen LogP contribution in [0, 0.1) is 6.92 Å². The second-order valence-electron chi connectivity index (χ2n) is 4.47. The van der Waals surface area contributed by atoms with Crippen molar-refractivity contribution in [3.8, 4) is 11.1 Å². The van der Waals surface area contributed by atoms with Crippen LogP contribution < -0.4 is 4.90 Å². The van der Waals surface area contributed by atoms with Crippen LogP contribution >= 0.6 is 0 Å². The average molecular weight is 240 g/mol. The smallest absolute Gasteiger partial charge is 0.0366 e. The number of hydrogen-bond donors (Lipinski definition) is 0. The van der Waals surface area contributed by atoms with Gasteiger partial charge in [0.15, 0.2) is 0 Å². The Kier molecular flexibility index (Phi) is 3.98. The zero-order valence-corrected chi connectivity index (χ0v) is 11.4. The number of aromatic nitrogens is 1. The zero-order chi connectivity index (χ0) is 13.0. The second-order valence-corrected chi connectivity index (χ2v) is 4.47. The molecule has 0 unspecified atom stereocenters. The summed E-state index contributed by atoms with van der Waals surface area (Å²) in [5.74, 6) is 0. The molecular formula is C16H20N2. The van der Waals surface area contributed by atoms with Gasteiger partial charge in [-0.15, -0.1) is 0 Å². The van der Waals surface area contributed by atoms with Crippen molar-refractivity contribution in [3.05, 3.63) is 48.3 Å². The molecule has 0 saturated heterocycles. The van der Waals surface area contributed by atoms with Crippen molar-refractivity contribution in [2.45, 2.75) is 20.8 Å². The van der Waals surface area contributed by atoms with E-state index in [0.29, 0.717) is 0 Å². The third-order valence-electron chi connectivity index (χ3n) is 3.20.